The van der Waals surface area contributed by atoms with E-state index < -0.39 is 0 Å². The number of carbonyl (C=O) groups is 1. The van der Waals surface area contributed by atoms with Gasteiger partial charge < -0.3 is 11.1 Å². The van der Waals surface area contributed by atoms with Crippen LogP contribution in [-0.2, 0) is 0 Å². The first-order valence-corrected chi connectivity index (χ1v) is 6.63. The van der Waals surface area contributed by atoms with Crippen molar-refractivity contribution in [3.8, 4) is 11.8 Å². The largest absolute Gasteiger partial charge is 0.320 e. The minimum Gasteiger partial charge on any atom is -0.320 e. The minimum absolute atomic E-state index is 0.175. The standard InChI is InChI=1S/C17H17N3O/c1-12-8-14(4-3-6-18)10-15(9-12)17(21)20-16-11-19-7-5-13(16)2/h5,7-11H,6,18H2,1-2H3,(H,20,21). The Hall–Kier alpha value is -2.64. The van der Waals surface area contributed by atoms with Crippen molar-refractivity contribution in [2.45, 2.75) is 13.8 Å². The number of nitrogens with two attached hydrogens (primary N) is 1. The summed E-state index contributed by atoms with van der Waals surface area (Å²) in [6.45, 7) is 4.15. The lowest BCUT2D eigenvalue weighted by Crippen LogP contribution is -2.13. The van der Waals surface area contributed by atoms with Gasteiger partial charge in [0.15, 0.2) is 0 Å². The molecule has 1 amide bonds. The van der Waals surface area contributed by atoms with E-state index in [1.54, 1.807) is 18.5 Å². The van der Waals surface area contributed by atoms with E-state index in [1.165, 1.54) is 0 Å². The van der Waals surface area contributed by atoms with Crippen molar-refractivity contribution in [1.29, 1.82) is 0 Å². The SMILES string of the molecule is Cc1cc(C#CCN)cc(C(=O)Nc2cnccc2C)c1. The molecule has 21 heavy (non-hydrogen) atoms. The lowest BCUT2D eigenvalue weighted by Gasteiger charge is -2.08. The molecule has 0 aliphatic rings. The van der Waals surface area contributed by atoms with Crippen LogP contribution in [0.2, 0.25) is 0 Å². The number of benzene rings is 1. The summed E-state index contributed by atoms with van der Waals surface area (Å²) in [5.74, 6) is 5.57. The zero-order valence-corrected chi connectivity index (χ0v) is 12.1. The zero-order chi connectivity index (χ0) is 15.2. The van der Waals surface area contributed by atoms with Crippen molar-refractivity contribution in [2.24, 2.45) is 5.73 Å². The molecule has 1 aromatic heterocycles. The molecule has 0 bridgehead atoms. The molecule has 0 saturated heterocycles. The van der Waals surface area contributed by atoms with Crippen LogP contribution >= 0.6 is 0 Å². The quantitative estimate of drug-likeness (QED) is 0.829. The summed E-state index contributed by atoms with van der Waals surface area (Å²) in [4.78, 5) is 16.3. The summed E-state index contributed by atoms with van der Waals surface area (Å²) in [6.07, 6.45) is 3.33. The Morgan fingerprint density at radius 3 is 2.86 bits per heavy atom. The number of nitrogens with one attached hydrogen (secondary N) is 1. The minimum atomic E-state index is -0.175. The Bertz CT molecular complexity index is 726. The molecule has 0 aliphatic heterocycles. The molecule has 0 unspecified atom stereocenters. The first-order valence-electron chi connectivity index (χ1n) is 6.63. The fraction of sp³-hybridized carbons (Fsp3) is 0.176. The molecule has 2 rings (SSSR count). The van der Waals surface area contributed by atoms with Crippen LogP contribution in [0.25, 0.3) is 0 Å². The van der Waals surface area contributed by atoms with Gasteiger partial charge in [0.1, 0.15) is 0 Å². The van der Waals surface area contributed by atoms with E-state index in [0.717, 1.165) is 16.7 Å². The van der Waals surface area contributed by atoms with E-state index in [-0.39, 0.29) is 5.91 Å². The first-order chi connectivity index (χ1) is 10.1. The average Bonchev–Trinajstić information content (AvgIpc) is 2.47. The molecule has 2 aromatic rings. The maximum Gasteiger partial charge on any atom is 0.255 e. The van der Waals surface area contributed by atoms with Gasteiger partial charge in [0.25, 0.3) is 5.91 Å². The second kappa shape index (κ2) is 6.69. The van der Waals surface area contributed by atoms with Gasteiger partial charge in [-0.15, -0.1) is 0 Å². The van der Waals surface area contributed by atoms with E-state index in [0.29, 0.717) is 17.8 Å². The van der Waals surface area contributed by atoms with Crippen molar-refractivity contribution in [2.75, 3.05) is 11.9 Å². The summed E-state index contributed by atoms with van der Waals surface area (Å²) >= 11 is 0. The fourth-order valence-corrected chi connectivity index (χ4v) is 1.93. The number of amides is 1. The molecule has 0 saturated carbocycles. The molecule has 0 atom stereocenters. The molecule has 4 heteroatoms. The van der Waals surface area contributed by atoms with Gasteiger partial charge in [-0.1, -0.05) is 11.8 Å². The summed E-state index contributed by atoms with van der Waals surface area (Å²) < 4.78 is 0. The summed E-state index contributed by atoms with van der Waals surface area (Å²) in [6, 6.07) is 7.37. The van der Waals surface area contributed by atoms with Crippen LogP contribution in [0.4, 0.5) is 5.69 Å². The number of anilines is 1. The monoisotopic (exact) mass is 279 g/mol. The zero-order valence-electron chi connectivity index (χ0n) is 12.1. The summed E-state index contributed by atoms with van der Waals surface area (Å²) in [7, 11) is 0. The smallest absolute Gasteiger partial charge is 0.255 e. The lowest BCUT2D eigenvalue weighted by atomic mass is 10.1. The first kappa shape index (κ1) is 14.8. The summed E-state index contributed by atoms with van der Waals surface area (Å²) in [5, 5.41) is 2.86. The molecule has 0 radical (unpaired) electrons. The van der Waals surface area contributed by atoms with E-state index in [4.69, 9.17) is 5.73 Å². The van der Waals surface area contributed by atoms with E-state index in [1.807, 2.05) is 32.0 Å². The highest BCUT2D eigenvalue weighted by molar-refractivity contribution is 6.04. The molecule has 3 N–H and O–H groups in total. The fourth-order valence-electron chi connectivity index (χ4n) is 1.93. The molecular weight excluding hydrogens is 262 g/mol. The predicted molar refractivity (Wildman–Crippen MR) is 84.0 cm³/mol. The molecule has 106 valence electrons. The van der Waals surface area contributed by atoms with Crippen LogP contribution < -0.4 is 11.1 Å². The van der Waals surface area contributed by atoms with Gasteiger partial charge >= 0.3 is 0 Å². The van der Waals surface area contributed by atoms with Gasteiger partial charge in [-0.05, 0) is 49.2 Å². The summed E-state index contributed by atoms with van der Waals surface area (Å²) in [5.41, 5.74) is 9.38. The highest BCUT2D eigenvalue weighted by Gasteiger charge is 2.09. The Morgan fingerprint density at radius 2 is 2.14 bits per heavy atom. The molecule has 4 nitrogen and oxygen atoms in total. The third kappa shape index (κ3) is 3.91. The molecule has 0 aliphatic carbocycles. The number of aryl methyl sites for hydroxylation is 2. The van der Waals surface area contributed by atoms with Crippen LogP contribution in [0.15, 0.2) is 36.7 Å². The number of pyridine rings is 1. The van der Waals surface area contributed by atoms with Crippen LogP contribution in [0.5, 0.6) is 0 Å². The number of rotatable bonds is 2. The average molecular weight is 279 g/mol. The van der Waals surface area contributed by atoms with Crippen molar-refractivity contribution in [1.82, 2.24) is 4.98 Å². The Balaban J connectivity index is 2.27. The van der Waals surface area contributed by atoms with Crippen LogP contribution in [-0.4, -0.2) is 17.4 Å². The van der Waals surface area contributed by atoms with Gasteiger partial charge in [-0.3, -0.25) is 9.78 Å². The third-order valence-corrected chi connectivity index (χ3v) is 2.96. The third-order valence-electron chi connectivity index (χ3n) is 2.96. The van der Waals surface area contributed by atoms with E-state index in [9.17, 15) is 4.79 Å². The molecule has 1 aromatic carbocycles. The highest BCUT2D eigenvalue weighted by Crippen LogP contribution is 2.15. The Labute approximate surface area is 124 Å². The van der Waals surface area contributed by atoms with E-state index in [2.05, 4.69) is 22.1 Å². The van der Waals surface area contributed by atoms with Crippen molar-refractivity contribution >= 4 is 11.6 Å². The normalized spacial score (nSPS) is 9.67. The van der Waals surface area contributed by atoms with Crippen LogP contribution in [0, 0.1) is 25.7 Å². The molecule has 0 spiro atoms. The second-order valence-corrected chi connectivity index (χ2v) is 4.74. The number of hydrogen-bond donors (Lipinski definition) is 2. The maximum atomic E-state index is 12.3. The van der Waals surface area contributed by atoms with Crippen LogP contribution in [0.3, 0.4) is 0 Å². The number of nitrogens with zero attached hydrogens (tertiary/aromatic N) is 1. The maximum absolute atomic E-state index is 12.3. The van der Waals surface area contributed by atoms with Gasteiger partial charge in [-0.2, -0.15) is 0 Å². The second-order valence-electron chi connectivity index (χ2n) is 4.74. The molecular formula is C17H17N3O. The Kier molecular flexibility index (Phi) is 4.70. The van der Waals surface area contributed by atoms with Gasteiger partial charge in [0.05, 0.1) is 18.4 Å². The van der Waals surface area contributed by atoms with Gasteiger partial charge in [-0.25, -0.2) is 0 Å². The van der Waals surface area contributed by atoms with Crippen molar-refractivity contribution < 1.29 is 4.79 Å². The number of hydrogen-bond acceptors (Lipinski definition) is 3. The number of carbonyl (C=O) groups excluding carboxylic acids is 1. The predicted octanol–water partition coefficient (Wildman–Crippen LogP) is 2.26. The van der Waals surface area contributed by atoms with Gasteiger partial charge in [0.2, 0.25) is 0 Å². The topological polar surface area (TPSA) is 68.0 Å². The highest BCUT2D eigenvalue weighted by atomic mass is 16.1. The molecule has 1 heterocycles. The Morgan fingerprint density at radius 1 is 1.33 bits per heavy atom. The molecule has 0 fully saturated rings. The van der Waals surface area contributed by atoms with Crippen molar-refractivity contribution in [3.05, 3.63) is 58.9 Å². The van der Waals surface area contributed by atoms with Crippen molar-refractivity contribution in [3.63, 3.8) is 0 Å². The van der Waals surface area contributed by atoms with Gasteiger partial charge in [0, 0.05) is 17.3 Å². The lowest BCUT2D eigenvalue weighted by molar-refractivity contribution is 0.102. The van der Waals surface area contributed by atoms with E-state index >= 15 is 0 Å². The number of aromatic nitrogens is 1. The van der Waals surface area contributed by atoms with Crippen LogP contribution in [0.1, 0.15) is 27.0 Å².